The van der Waals surface area contributed by atoms with Gasteiger partial charge in [0.2, 0.25) is 5.60 Å². The standard InChI is InChI=1S/C34H46N2O10S/c1-19-21-17-36(30(43)46-33(8,9)10)14-13-25(21)47-27(19)28(40)35-16-22(37)20-11-12-23(24(15-20)44-18-26(38)39)45-34(29(41)42,31(2,3)4)32(5,6)7/h11-12,15H,13-14,16-18H2,1-10H3,(H,35,40)(H,38,39)(H,41,42). The predicted molar refractivity (Wildman–Crippen MR) is 176 cm³/mol. The summed E-state index contributed by atoms with van der Waals surface area (Å²) in [4.78, 5) is 66.2. The molecular formula is C34H46N2O10S. The SMILES string of the molecule is Cc1c(C(=O)NCC(=O)c2ccc(OC(C(=O)O)(C(C)(C)C)C(C)(C)C)c(OCC(=O)O)c2)sc2c1CN(C(=O)OC(C)(C)C)CC2. The second-order valence-corrected chi connectivity index (χ2v) is 15.8. The van der Waals surface area contributed by atoms with Gasteiger partial charge in [0.25, 0.3) is 5.91 Å². The Balaban J connectivity index is 1.82. The fourth-order valence-electron chi connectivity index (χ4n) is 5.86. The second-order valence-electron chi connectivity index (χ2n) is 14.6. The lowest BCUT2D eigenvalue weighted by Crippen LogP contribution is -2.63. The number of aliphatic carboxylic acids is 2. The van der Waals surface area contributed by atoms with E-state index in [9.17, 15) is 34.2 Å². The number of amides is 2. The van der Waals surface area contributed by atoms with Crippen molar-refractivity contribution >= 4 is 41.1 Å². The molecule has 0 atom stereocenters. The number of hydrogen-bond acceptors (Lipinski definition) is 9. The first-order valence-corrected chi connectivity index (χ1v) is 16.1. The molecule has 12 nitrogen and oxygen atoms in total. The molecule has 1 aromatic heterocycles. The first-order chi connectivity index (χ1) is 21.5. The topological polar surface area (TPSA) is 169 Å². The Kier molecular flexibility index (Phi) is 10.8. The summed E-state index contributed by atoms with van der Waals surface area (Å²) in [6, 6.07) is 4.07. The Morgan fingerprint density at radius 1 is 0.936 bits per heavy atom. The van der Waals surface area contributed by atoms with Crippen molar-refractivity contribution < 1.29 is 48.4 Å². The molecule has 0 aliphatic carbocycles. The minimum Gasteiger partial charge on any atom is -0.479 e. The number of ketones is 1. The zero-order valence-corrected chi connectivity index (χ0v) is 29.6. The number of thiophene rings is 1. The van der Waals surface area contributed by atoms with Crippen molar-refractivity contribution in [2.45, 2.75) is 93.4 Å². The van der Waals surface area contributed by atoms with Crippen LogP contribution in [0.3, 0.4) is 0 Å². The summed E-state index contributed by atoms with van der Waals surface area (Å²) in [5.41, 5.74) is -2.53. The van der Waals surface area contributed by atoms with Crippen molar-refractivity contribution in [3.05, 3.63) is 44.6 Å². The van der Waals surface area contributed by atoms with Gasteiger partial charge in [-0.3, -0.25) is 9.59 Å². The lowest BCUT2D eigenvalue weighted by Gasteiger charge is -2.49. The number of ether oxygens (including phenoxy) is 3. The first kappa shape index (κ1) is 37.3. The molecule has 0 unspecified atom stereocenters. The van der Waals surface area contributed by atoms with Gasteiger partial charge < -0.3 is 34.6 Å². The van der Waals surface area contributed by atoms with E-state index in [1.54, 1.807) is 67.2 Å². The number of carbonyl (C=O) groups is 5. The molecule has 2 aromatic rings. The van der Waals surface area contributed by atoms with Gasteiger partial charge in [-0.2, -0.15) is 0 Å². The van der Waals surface area contributed by atoms with E-state index in [1.165, 1.54) is 29.5 Å². The van der Waals surface area contributed by atoms with Crippen LogP contribution in [0.4, 0.5) is 4.79 Å². The van der Waals surface area contributed by atoms with Gasteiger partial charge in [-0.1, -0.05) is 41.5 Å². The Labute approximate surface area is 279 Å². The molecule has 3 N–H and O–H groups in total. The lowest BCUT2D eigenvalue weighted by molar-refractivity contribution is -0.184. The van der Waals surface area contributed by atoms with E-state index in [-0.39, 0.29) is 23.6 Å². The number of Topliss-reactive ketones (excluding diaryl/α,β-unsaturated/α-hetero) is 1. The maximum atomic E-state index is 13.2. The molecule has 47 heavy (non-hydrogen) atoms. The molecule has 2 amide bonds. The van der Waals surface area contributed by atoms with Crippen molar-refractivity contribution in [2.24, 2.45) is 10.8 Å². The summed E-state index contributed by atoms with van der Waals surface area (Å²) in [5, 5.41) is 22.3. The molecule has 1 aliphatic heterocycles. The summed E-state index contributed by atoms with van der Waals surface area (Å²) >= 11 is 1.33. The zero-order chi connectivity index (χ0) is 35.7. The van der Waals surface area contributed by atoms with Crippen molar-refractivity contribution in [2.75, 3.05) is 19.7 Å². The predicted octanol–water partition coefficient (Wildman–Crippen LogP) is 5.72. The average Bonchev–Trinajstić information content (AvgIpc) is 3.26. The van der Waals surface area contributed by atoms with Crippen molar-refractivity contribution in [3.63, 3.8) is 0 Å². The van der Waals surface area contributed by atoms with E-state index in [1.807, 2.05) is 6.92 Å². The molecular weight excluding hydrogens is 628 g/mol. The highest BCUT2D eigenvalue weighted by Crippen LogP contribution is 2.49. The Morgan fingerprint density at radius 2 is 1.55 bits per heavy atom. The number of rotatable bonds is 10. The monoisotopic (exact) mass is 674 g/mol. The van der Waals surface area contributed by atoms with Gasteiger partial charge in [-0.15, -0.1) is 11.3 Å². The van der Waals surface area contributed by atoms with E-state index < -0.39 is 58.4 Å². The third kappa shape index (κ3) is 8.24. The van der Waals surface area contributed by atoms with Gasteiger partial charge in [-0.25, -0.2) is 14.4 Å². The average molecular weight is 675 g/mol. The van der Waals surface area contributed by atoms with Gasteiger partial charge >= 0.3 is 18.0 Å². The highest BCUT2D eigenvalue weighted by atomic mass is 32.1. The van der Waals surface area contributed by atoms with Crippen LogP contribution in [0, 0.1) is 17.8 Å². The molecule has 0 spiro atoms. The zero-order valence-electron chi connectivity index (χ0n) is 28.8. The van der Waals surface area contributed by atoms with Crippen LogP contribution in [-0.4, -0.2) is 75.7 Å². The molecule has 0 saturated heterocycles. The molecule has 0 fully saturated rings. The van der Waals surface area contributed by atoms with Crippen molar-refractivity contribution in [1.82, 2.24) is 10.2 Å². The Bertz CT molecular complexity index is 1540. The van der Waals surface area contributed by atoms with Crippen LogP contribution in [0.25, 0.3) is 0 Å². The van der Waals surface area contributed by atoms with E-state index in [4.69, 9.17) is 14.2 Å². The van der Waals surface area contributed by atoms with Gasteiger partial charge in [0.1, 0.15) is 5.60 Å². The van der Waals surface area contributed by atoms with Crippen LogP contribution in [0.15, 0.2) is 18.2 Å². The summed E-state index contributed by atoms with van der Waals surface area (Å²) < 4.78 is 17.2. The maximum Gasteiger partial charge on any atom is 0.410 e. The van der Waals surface area contributed by atoms with Gasteiger partial charge in [-0.05, 0) is 63.4 Å². The lowest BCUT2D eigenvalue weighted by atomic mass is 9.62. The van der Waals surface area contributed by atoms with E-state index in [0.29, 0.717) is 24.4 Å². The molecule has 0 bridgehead atoms. The first-order valence-electron chi connectivity index (χ1n) is 15.3. The summed E-state index contributed by atoms with van der Waals surface area (Å²) in [7, 11) is 0. The molecule has 3 rings (SSSR count). The minimum atomic E-state index is -1.78. The van der Waals surface area contributed by atoms with E-state index >= 15 is 0 Å². The maximum absolute atomic E-state index is 13.2. The highest BCUT2D eigenvalue weighted by molar-refractivity contribution is 7.14. The van der Waals surface area contributed by atoms with Crippen LogP contribution in [-0.2, 0) is 27.3 Å². The molecule has 13 heteroatoms. The van der Waals surface area contributed by atoms with Crippen LogP contribution in [0.2, 0.25) is 0 Å². The van der Waals surface area contributed by atoms with Gasteiger partial charge in [0.05, 0.1) is 18.0 Å². The molecule has 1 aromatic carbocycles. The molecule has 0 radical (unpaired) electrons. The number of carboxylic acids is 2. The fraction of sp³-hybridized carbons (Fsp3) is 0.559. The molecule has 0 saturated carbocycles. The number of carboxylic acid groups (broad SMARTS) is 2. The quantitative estimate of drug-likeness (QED) is 0.265. The number of hydrogen-bond donors (Lipinski definition) is 3. The van der Waals surface area contributed by atoms with Gasteiger partial charge in [0, 0.05) is 27.8 Å². The Hall–Kier alpha value is -4.13. The number of carbonyl (C=O) groups excluding carboxylic acids is 3. The summed E-state index contributed by atoms with van der Waals surface area (Å²) in [5.74, 6) is -3.59. The van der Waals surface area contributed by atoms with Crippen molar-refractivity contribution in [3.8, 4) is 11.5 Å². The Morgan fingerprint density at radius 3 is 2.09 bits per heavy atom. The largest absolute Gasteiger partial charge is 0.479 e. The smallest absolute Gasteiger partial charge is 0.410 e. The van der Waals surface area contributed by atoms with Crippen LogP contribution >= 0.6 is 11.3 Å². The van der Waals surface area contributed by atoms with Crippen LogP contribution in [0.5, 0.6) is 11.5 Å². The van der Waals surface area contributed by atoms with Gasteiger partial charge in [0.15, 0.2) is 23.9 Å². The normalized spacial score (nSPS) is 13.8. The molecule has 1 aliphatic rings. The fourth-order valence-corrected chi connectivity index (χ4v) is 7.09. The van der Waals surface area contributed by atoms with E-state index in [0.717, 1.165) is 16.0 Å². The number of nitrogens with one attached hydrogen (secondary N) is 1. The summed E-state index contributed by atoms with van der Waals surface area (Å²) in [6.07, 6.45) is 0.159. The van der Waals surface area contributed by atoms with Crippen LogP contribution in [0.1, 0.15) is 98.3 Å². The van der Waals surface area contributed by atoms with E-state index in [2.05, 4.69) is 5.32 Å². The summed E-state index contributed by atoms with van der Waals surface area (Å²) in [6.45, 7) is 17.2. The number of fused-ring (bicyclic) bond motifs is 1. The number of benzene rings is 1. The molecule has 2 heterocycles. The van der Waals surface area contributed by atoms with Crippen molar-refractivity contribution in [1.29, 1.82) is 0 Å². The minimum absolute atomic E-state index is 0.0423. The van der Waals surface area contributed by atoms with Crippen LogP contribution < -0.4 is 14.8 Å². The number of nitrogens with zero attached hydrogens (tertiary/aromatic N) is 1. The molecule has 258 valence electrons. The third-order valence-corrected chi connectivity index (χ3v) is 9.27. The highest BCUT2D eigenvalue weighted by Gasteiger charge is 2.60. The third-order valence-electron chi connectivity index (χ3n) is 7.87. The second kappa shape index (κ2) is 13.5.